The van der Waals surface area contributed by atoms with Crippen LogP contribution in [-0.2, 0) is 16.0 Å². The van der Waals surface area contributed by atoms with Crippen LogP contribution >= 0.6 is 23.2 Å². The third-order valence-corrected chi connectivity index (χ3v) is 6.39. The number of hydrogen-bond acceptors (Lipinski definition) is 3. The monoisotopic (exact) mass is 410 g/mol. The molecule has 1 unspecified atom stereocenters. The zero-order valence-corrected chi connectivity index (χ0v) is 16.7. The van der Waals surface area contributed by atoms with Gasteiger partial charge in [0, 0.05) is 44.1 Å². The first kappa shape index (κ1) is 20.0. The number of piperidine rings is 1. The summed E-state index contributed by atoms with van der Waals surface area (Å²) in [5, 5.41) is 10.6. The van der Waals surface area contributed by atoms with Crippen molar-refractivity contribution >= 4 is 35.0 Å². The Labute approximate surface area is 169 Å². The molecule has 2 amide bonds. The van der Waals surface area contributed by atoms with E-state index in [0.717, 1.165) is 25.8 Å². The molecule has 2 heterocycles. The summed E-state index contributed by atoms with van der Waals surface area (Å²) in [7, 11) is 0. The Kier molecular flexibility index (Phi) is 6.02. The summed E-state index contributed by atoms with van der Waals surface area (Å²) < 4.78 is 0. The van der Waals surface area contributed by atoms with Gasteiger partial charge in [-0.15, -0.1) is 0 Å². The number of nitrogens with zero attached hydrogens (tertiary/aromatic N) is 2. The second-order valence-corrected chi connectivity index (χ2v) is 8.34. The first-order valence-electron chi connectivity index (χ1n) is 9.19. The molecular formula is C20H24Cl2N2O3. The van der Waals surface area contributed by atoms with Gasteiger partial charge in [0.15, 0.2) is 0 Å². The Bertz CT molecular complexity index is 768. The third-order valence-electron chi connectivity index (χ3n) is 5.67. The van der Waals surface area contributed by atoms with Gasteiger partial charge in [-0.05, 0) is 43.4 Å². The summed E-state index contributed by atoms with van der Waals surface area (Å²) in [5.41, 5.74) is 0.616. The van der Waals surface area contributed by atoms with Crippen LogP contribution < -0.4 is 0 Å². The van der Waals surface area contributed by atoms with E-state index in [4.69, 9.17) is 23.2 Å². The number of carbonyl (C=O) groups excluding carboxylic acids is 2. The van der Waals surface area contributed by atoms with Gasteiger partial charge in [0.05, 0.1) is 10.0 Å². The van der Waals surface area contributed by atoms with Crippen molar-refractivity contribution in [3.8, 4) is 5.75 Å². The van der Waals surface area contributed by atoms with Crippen LogP contribution in [0.2, 0.25) is 10.0 Å². The zero-order valence-electron chi connectivity index (χ0n) is 15.2. The standard InChI is InChI=1S/C20H24Cl2N2O3/c1-2-18(26)23-8-3-6-20(12-23)7-9-24(13-20)19(27)5-4-14-10-15(21)16(22)11-17(14)25/h2,10-11,25H,1,3-9,12-13H2. The molecule has 27 heavy (non-hydrogen) atoms. The summed E-state index contributed by atoms with van der Waals surface area (Å²) >= 11 is 11.9. The van der Waals surface area contributed by atoms with Gasteiger partial charge < -0.3 is 14.9 Å². The average Bonchev–Trinajstić information content (AvgIpc) is 3.06. The van der Waals surface area contributed by atoms with Gasteiger partial charge in [0.2, 0.25) is 11.8 Å². The SMILES string of the molecule is C=CC(=O)N1CCCC2(CCN(C(=O)CCc3cc(Cl)c(Cl)cc3O)C2)C1. The molecular weight excluding hydrogens is 387 g/mol. The molecule has 5 nitrogen and oxygen atoms in total. The number of halogens is 2. The summed E-state index contributed by atoms with van der Waals surface area (Å²) in [4.78, 5) is 28.3. The van der Waals surface area contributed by atoms with Gasteiger partial charge in [0.1, 0.15) is 5.75 Å². The van der Waals surface area contributed by atoms with Crippen LogP contribution in [0.1, 0.15) is 31.2 Å². The lowest BCUT2D eigenvalue weighted by Gasteiger charge is -2.40. The number of benzene rings is 1. The number of phenolic OH excluding ortho intramolecular Hbond substituents is 1. The van der Waals surface area contributed by atoms with Gasteiger partial charge in [0.25, 0.3) is 0 Å². The van der Waals surface area contributed by atoms with Crippen molar-refractivity contribution in [3.63, 3.8) is 0 Å². The first-order chi connectivity index (χ1) is 12.8. The van der Waals surface area contributed by atoms with Crippen molar-refractivity contribution in [1.29, 1.82) is 0 Å². The van der Waals surface area contributed by atoms with E-state index in [1.165, 1.54) is 12.1 Å². The molecule has 2 aliphatic heterocycles. The van der Waals surface area contributed by atoms with Crippen LogP contribution in [0.15, 0.2) is 24.8 Å². The molecule has 3 rings (SSSR count). The van der Waals surface area contributed by atoms with Crippen molar-refractivity contribution in [2.24, 2.45) is 5.41 Å². The molecule has 7 heteroatoms. The number of aryl methyl sites for hydroxylation is 1. The number of amides is 2. The number of hydrogen-bond donors (Lipinski definition) is 1. The summed E-state index contributed by atoms with van der Waals surface area (Å²) in [5.74, 6) is 0.0828. The summed E-state index contributed by atoms with van der Waals surface area (Å²) in [6.45, 7) is 6.41. The lowest BCUT2D eigenvalue weighted by Crippen LogP contribution is -2.47. The highest BCUT2D eigenvalue weighted by Gasteiger charge is 2.43. The van der Waals surface area contributed by atoms with Crippen LogP contribution in [0.3, 0.4) is 0 Å². The summed E-state index contributed by atoms with van der Waals surface area (Å²) in [6.07, 6.45) is 4.98. The maximum absolute atomic E-state index is 12.7. The van der Waals surface area contributed by atoms with Crippen molar-refractivity contribution in [2.75, 3.05) is 26.2 Å². The largest absolute Gasteiger partial charge is 0.508 e. The van der Waals surface area contributed by atoms with E-state index >= 15 is 0 Å². The minimum Gasteiger partial charge on any atom is -0.508 e. The molecule has 2 saturated heterocycles. The predicted molar refractivity (Wildman–Crippen MR) is 106 cm³/mol. The second kappa shape index (κ2) is 8.11. The Hall–Kier alpha value is -1.72. The third kappa shape index (κ3) is 4.41. The molecule has 1 aromatic rings. The second-order valence-electron chi connectivity index (χ2n) is 7.53. The molecule has 1 N–H and O–H groups in total. The smallest absolute Gasteiger partial charge is 0.245 e. The van der Waals surface area contributed by atoms with E-state index in [1.807, 2.05) is 9.80 Å². The average molecular weight is 411 g/mol. The lowest BCUT2D eigenvalue weighted by atomic mass is 9.79. The van der Waals surface area contributed by atoms with Crippen molar-refractivity contribution in [2.45, 2.75) is 32.1 Å². The molecule has 1 atom stereocenters. The van der Waals surface area contributed by atoms with Gasteiger partial charge in [-0.2, -0.15) is 0 Å². The van der Waals surface area contributed by atoms with E-state index in [0.29, 0.717) is 48.1 Å². The van der Waals surface area contributed by atoms with Gasteiger partial charge in [-0.3, -0.25) is 9.59 Å². The van der Waals surface area contributed by atoms with Crippen LogP contribution in [0.25, 0.3) is 0 Å². The molecule has 2 fully saturated rings. The molecule has 0 aromatic heterocycles. The molecule has 1 aromatic carbocycles. The van der Waals surface area contributed by atoms with E-state index in [2.05, 4.69) is 6.58 Å². The number of likely N-dealkylation sites (tertiary alicyclic amines) is 2. The van der Waals surface area contributed by atoms with E-state index < -0.39 is 0 Å². The van der Waals surface area contributed by atoms with E-state index in [9.17, 15) is 14.7 Å². The van der Waals surface area contributed by atoms with Crippen molar-refractivity contribution in [3.05, 3.63) is 40.4 Å². The minimum atomic E-state index is -0.0334. The highest BCUT2D eigenvalue weighted by Crippen LogP contribution is 2.39. The number of carbonyl (C=O) groups is 2. The summed E-state index contributed by atoms with van der Waals surface area (Å²) in [6, 6.07) is 3.01. The normalized spacial score (nSPS) is 22.3. The van der Waals surface area contributed by atoms with Crippen LogP contribution in [0.5, 0.6) is 5.75 Å². The Morgan fingerprint density at radius 1 is 1.15 bits per heavy atom. The van der Waals surface area contributed by atoms with E-state index in [1.54, 1.807) is 6.07 Å². The van der Waals surface area contributed by atoms with Crippen molar-refractivity contribution in [1.82, 2.24) is 9.80 Å². The minimum absolute atomic E-state index is 0.00169. The molecule has 1 spiro atoms. The van der Waals surface area contributed by atoms with Gasteiger partial charge in [-0.25, -0.2) is 0 Å². The number of phenols is 1. The number of rotatable bonds is 4. The first-order valence-corrected chi connectivity index (χ1v) is 9.95. The van der Waals surface area contributed by atoms with Crippen LogP contribution in [0.4, 0.5) is 0 Å². The quantitative estimate of drug-likeness (QED) is 0.770. The fraction of sp³-hybridized carbons (Fsp3) is 0.500. The maximum atomic E-state index is 12.7. The maximum Gasteiger partial charge on any atom is 0.245 e. The molecule has 2 aliphatic rings. The molecule has 0 radical (unpaired) electrons. The molecule has 0 aliphatic carbocycles. The highest BCUT2D eigenvalue weighted by atomic mass is 35.5. The van der Waals surface area contributed by atoms with Gasteiger partial charge in [-0.1, -0.05) is 29.8 Å². The molecule has 146 valence electrons. The zero-order chi connectivity index (χ0) is 19.6. The van der Waals surface area contributed by atoms with Gasteiger partial charge >= 0.3 is 0 Å². The Morgan fingerprint density at radius 3 is 2.59 bits per heavy atom. The Morgan fingerprint density at radius 2 is 1.85 bits per heavy atom. The van der Waals surface area contributed by atoms with Crippen LogP contribution in [0, 0.1) is 5.41 Å². The fourth-order valence-corrected chi connectivity index (χ4v) is 4.53. The predicted octanol–water partition coefficient (Wildman–Crippen LogP) is 3.66. The highest BCUT2D eigenvalue weighted by molar-refractivity contribution is 6.42. The Balaban J connectivity index is 1.58. The molecule has 0 bridgehead atoms. The van der Waals surface area contributed by atoms with Crippen molar-refractivity contribution < 1.29 is 14.7 Å². The fourth-order valence-electron chi connectivity index (χ4n) is 4.18. The number of aromatic hydroxyl groups is 1. The topological polar surface area (TPSA) is 60.9 Å². The van der Waals surface area contributed by atoms with E-state index in [-0.39, 0.29) is 23.0 Å². The molecule has 0 saturated carbocycles. The lowest BCUT2D eigenvalue weighted by molar-refractivity contribution is -0.131. The van der Waals surface area contributed by atoms with Crippen LogP contribution in [-0.4, -0.2) is 52.9 Å².